The summed E-state index contributed by atoms with van der Waals surface area (Å²) in [6, 6.07) is 1.57. The first-order valence-corrected chi connectivity index (χ1v) is 8.36. The molecule has 0 saturated carbocycles. The number of rotatable bonds is 7. The van der Waals surface area contributed by atoms with Gasteiger partial charge in [-0.1, -0.05) is 0 Å². The van der Waals surface area contributed by atoms with Gasteiger partial charge in [0.15, 0.2) is 0 Å². The molecule has 2 aromatic rings. The Kier molecular flexibility index (Phi) is 5.67. The van der Waals surface area contributed by atoms with Crippen LogP contribution in [0.2, 0.25) is 0 Å². The van der Waals surface area contributed by atoms with Gasteiger partial charge in [0.05, 0.1) is 29.8 Å². The van der Waals surface area contributed by atoms with Crippen molar-refractivity contribution in [2.24, 2.45) is 5.92 Å². The topological polar surface area (TPSA) is 88.4 Å². The predicted molar refractivity (Wildman–Crippen MR) is 92.3 cm³/mol. The molecule has 1 aliphatic heterocycles. The Morgan fingerprint density at radius 2 is 2.16 bits per heavy atom. The van der Waals surface area contributed by atoms with E-state index >= 15 is 0 Å². The van der Waals surface area contributed by atoms with Crippen LogP contribution in [0.4, 0.5) is 0 Å². The van der Waals surface area contributed by atoms with Crippen molar-refractivity contribution in [2.45, 2.75) is 12.8 Å². The molecule has 0 aromatic carbocycles. The smallest absolute Gasteiger partial charge is 0.337 e. The van der Waals surface area contributed by atoms with Crippen molar-refractivity contribution < 1.29 is 14.6 Å². The van der Waals surface area contributed by atoms with Crippen LogP contribution in [-0.2, 0) is 11.2 Å². The van der Waals surface area contributed by atoms with Crippen molar-refractivity contribution in [3.8, 4) is 11.3 Å². The number of methoxy groups -OCH3 is 1. The van der Waals surface area contributed by atoms with E-state index in [1.165, 1.54) is 6.20 Å². The van der Waals surface area contributed by atoms with Gasteiger partial charge in [-0.05, 0) is 31.4 Å². The van der Waals surface area contributed by atoms with Gasteiger partial charge in [0, 0.05) is 44.4 Å². The molecule has 0 spiro atoms. The minimum Gasteiger partial charge on any atom is -0.478 e. The normalized spacial score (nSPS) is 17.7. The molecule has 1 atom stereocenters. The molecule has 1 aliphatic rings. The Morgan fingerprint density at radius 3 is 2.96 bits per heavy atom. The quantitative estimate of drug-likeness (QED) is 0.820. The molecule has 25 heavy (non-hydrogen) atoms. The maximum atomic E-state index is 11.1. The minimum atomic E-state index is -0.999. The van der Waals surface area contributed by atoms with Gasteiger partial charge in [-0.3, -0.25) is 9.97 Å². The highest BCUT2D eigenvalue weighted by Gasteiger charge is 2.23. The standard InChI is InChI=1S/C18H22N4O3/c1-25-5-4-22-3-2-13(12-22)6-16-10-20-11-17(21-16)14-7-15(18(23)24)9-19-8-14/h7-11,13H,2-6,12H2,1H3,(H,23,24). The van der Waals surface area contributed by atoms with Crippen LogP contribution in [0, 0.1) is 5.92 Å². The van der Waals surface area contributed by atoms with Crippen molar-refractivity contribution in [2.75, 3.05) is 33.4 Å². The summed E-state index contributed by atoms with van der Waals surface area (Å²) in [5.74, 6) is -0.439. The number of carboxylic acids is 1. The van der Waals surface area contributed by atoms with Crippen LogP contribution in [0.15, 0.2) is 30.9 Å². The molecule has 1 fully saturated rings. The molecule has 132 valence electrons. The fraction of sp³-hybridized carbons (Fsp3) is 0.444. The summed E-state index contributed by atoms with van der Waals surface area (Å²) in [5.41, 5.74) is 2.40. The second-order valence-corrected chi connectivity index (χ2v) is 6.32. The van der Waals surface area contributed by atoms with E-state index in [2.05, 4.69) is 19.9 Å². The second kappa shape index (κ2) is 8.13. The van der Waals surface area contributed by atoms with Crippen molar-refractivity contribution in [3.05, 3.63) is 42.1 Å². The summed E-state index contributed by atoms with van der Waals surface area (Å²) in [4.78, 5) is 26.4. The first-order chi connectivity index (χ1) is 12.2. The zero-order valence-electron chi connectivity index (χ0n) is 14.3. The fourth-order valence-corrected chi connectivity index (χ4v) is 3.14. The number of carbonyl (C=O) groups is 1. The van der Waals surface area contributed by atoms with Crippen LogP contribution in [0.5, 0.6) is 0 Å². The molecule has 2 aromatic heterocycles. The second-order valence-electron chi connectivity index (χ2n) is 6.32. The number of ether oxygens (including phenoxy) is 1. The lowest BCUT2D eigenvalue weighted by molar-refractivity contribution is 0.0696. The van der Waals surface area contributed by atoms with Crippen LogP contribution in [0.25, 0.3) is 11.3 Å². The highest BCUT2D eigenvalue weighted by atomic mass is 16.5. The van der Waals surface area contributed by atoms with Crippen LogP contribution < -0.4 is 0 Å². The van der Waals surface area contributed by atoms with E-state index in [0.717, 1.165) is 44.8 Å². The number of aromatic carboxylic acids is 1. The number of aromatic nitrogens is 3. The van der Waals surface area contributed by atoms with E-state index in [-0.39, 0.29) is 5.56 Å². The molecule has 7 nitrogen and oxygen atoms in total. The predicted octanol–water partition coefficient (Wildman–Crippen LogP) is 1.75. The number of hydrogen-bond acceptors (Lipinski definition) is 6. The van der Waals surface area contributed by atoms with E-state index in [9.17, 15) is 4.79 Å². The Balaban J connectivity index is 1.68. The maximum absolute atomic E-state index is 11.1. The van der Waals surface area contributed by atoms with E-state index in [1.54, 1.807) is 31.8 Å². The molecule has 1 N–H and O–H groups in total. The summed E-state index contributed by atoms with van der Waals surface area (Å²) in [5, 5.41) is 9.10. The highest BCUT2D eigenvalue weighted by molar-refractivity contribution is 5.88. The minimum absolute atomic E-state index is 0.147. The maximum Gasteiger partial charge on any atom is 0.337 e. The van der Waals surface area contributed by atoms with Crippen molar-refractivity contribution >= 4 is 5.97 Å². The van der Waals surface area contributed by atoms with E-state index in [0.29, 0.717) is 17.2 Å². The summed E-state index contributed by atoms with van der Waals surface area (Å²) < 4.78 is 5.14. The summed E-state index contributed by atoms with van der Waals surface area (Å²) in [6.45, 7) is 3.86. The van der Waals surface area contributed by atoms with Crippen LogP contribution in [0.1, 0.15) is 22.5 Å². The van der Waals surface area contributed by atoms with E-state index < -0.39 is 5.97 Å². The van der Waals surface area contributed by atoms with Gasteiger partial charge in [0.2, 0.25) is 0 Å². The van der Waals surface area contributed by atoms with Crippen LogP contribution in [-0.4, -0.2) is 64.3 Å². The zero-order chi connectivity index (χ0) is 17.6. The lowest BCUT2D eigenvalue weighted by Gasteiger charge is -2.15. The highest BCUT2D eigenvalue weighted by Crippen LogP contribution is 2.22. The lowest BCUT2D eigenvalue weighted by Crippen LogP contribution is -2.25. The number of nitrogens with zero attached hydrogens (tertiary/aromatic N) is 4. The van der Waals surface area contributed by atoms with Gasteiger partial charge in [-0.25, -0.2) is 9.78 Å². The monoisotopic (exact) mass is 342 g/mol. The molecular formula is C18H22N4O3. The lowest BCUT2D eigenvalue weighted by atomic mass is 10.0. The first kappa shape index (κ1) is 17.4. The Hall–Kier alpha value is -2.38. The largest absolute Gasteiger partial charge is 0.478 e. The number of hydrogen-bond donors (Lipinski definition) is 1. The Morgan fingerprint density at radius 1 is 1.32 bits per heavy atom. The molecule has 3 rings (SSSR count). The summed E-state index contributed by atoms with van der Waals surface area (Å²) in [7, 11) is 1.73. The van der Waals surface area contributed by atoms with Gasteiger partial charge >= 0.3 is 5.97 Å². The Bertz CT molecular complexity index is 738. The third-order valence-electron chi connectivity index (χ3n) is 4.44. The van der Waals surface area contributed by atoms with Gasteiger partial charge in [-0.2, -0.15) is 0 Å². The molecular weight excluding hydrogens is 320 g/mol. The number of pyridine rings is 1. The molecule has 0 amide bonds. The van der Waals surface area contributed by atoms with Gasteiger partial charge in [0.1, 0.15) is 0 Å². The average molecular weight is 342 g/mol. The van der Waals surface area contributed by atoms with Crippen LogP contribution >= 0.6 is 0 Å². The molecule has 3 heterocycles. The molecule has 0 bridgehead atoms. The molecule has 1 unspecified atom stereocenters. The van der Waals surface area contributed by atoms with E-state index in [4.69, 9.17) is 9.84 Å². The average Bonchev–Trinajstić information content (AvgIpc) is 3.07. The van der Waals surface area contributed by atoms with Gasteiger partial charge in [-0.15, -0.1) is 0 Å². The first-order valence-electron chi connectivity index (χ1n) is 8.36. The van der Waals surface area contributed by atoms with E-state index in [1.807, 2.05) is 0 Å². The molecule has 1 saturated heterocycles. The SMILES string of the molecule is COCCN1CCC(Cc2cncc(-c3cncc(C(=O)O)c3)n2)C1. The third-order valence-corrected chi connectivity index (χ3v) is 4.44. The number of likely N-dealkylation sites (tertiary alicyclic amines) is 1. The Labute approximate surface area is 146 Å². The third kappa shape index (κ3) is 4.58. The zero-order valence-corrected chi connectivity index (χ0v) is 14.3. The van der Waals surface area contributed by atoms with Crippen molar-refractivity contribution in [1.82, 2.24) is 19.9 Å². The summed E-state index contributed by atoms with van der Waals surface area (Å²) >= 11 is 0. The van der Waals surface area contributed by atoms with Crippen molar-refractivity contribution in [1.29, 1.82) is 0 Å². The van der Waals surface area contributed by atoms with Crippen molar-refractivity contribution in [3.63, 3.8) is 0 Å². The molecule has 7 heteroatoms. The number of carboxylic acid groups (broad SMARTS) is 1. The van der Waals surface area contributed by atoms with Gasteiger partial charge in [0.25, 0.3) is 0 Å². The molecule has 0 aliphatic carbocycles. The van der Waals surface area contributed by atoms with Crippen LogP contribution in [0.3, 0.4) is 0 Å². The molecule has 0 radical (unpaired) electrons. The fourth-order valence-electron chi connectivity index (χ4n) is 3.14. The van der Waals surface area contributed by atoms with Gasteiger partial charge < -0.3 is 14.7 Å². The summed E-state index contributed by atoms with van der Waals surface area (Å²) in [6.07, 6.45) is 8.39.